The van der Waals surface area contributed by atoms with Crippen LogP contribution in [0.2, 0.25) is 0 Å². The fraction of sp³-hybridized carbons (Fsp3) is 0.515. The van der Waals surface area contributed by atoms with Crippen molar-refractivity contribution in [2.75, 3.05) is 5.43 Å². The third kappa shape index (κ3) is 4.34. The zero-order valence-corrected chi connectivity index (χ0v) is 22.6. The predicted octanol–water partition coefficient (Wildman–Crippen LogP) is 6.93. The molecule has 4 aliphatic carbocycles. The van der Waals surface area contributed by atoms with E-state index in [1.54, 1.807) is 0 Å². The largest absolute Gasteiger partial charge is 0.458 e. The van der Waals surface area contributed by atoms with Crippen molar-refractivity contribution in [2.45, 2.75) is 71.3 Å². The van der Waals surface area contributed by atoms with Gasteiger partial charge in [-0.3, -0.25) is 15.6 Å². The van der Waals surface area contributed by atoms with Gasteiger partial charge in [0.2, 0.25) is 0 Å². The van der Waals surface area contributed by atoms with Crippen LogP contribution in [0.4, 0.5) is 5.69 Å². The van der Waals surface area contributed by atoms with Gasteiger partial charge in [-0.1, -0.05) is 56.3 Å². The zero-order chi connectivity index (χ0) is 26.3. The van der Waals surface area contributed by atoms with Gasteiger partial charge >= 0.3 is 5.97 Å². The summed E-state index contributed by atoms with van der Waals surface area (Å²) in [6.07, 6.45) is 10.9. The van der Waals surface area contributed by atoms with E-state index in [0.29, 0.717) is 29.2 Å². The van der Waals surface area contributed by atoms with Crippen molar-refractivity contribution in [1.29, 1.82) is 0 Å². The minimum Gasteiger partial charge on any atom is -0.458 e. The highest BCUT2D eigenvalue weighted by Crippen LogP contribution is 2.66. The second-order valence-corrected chi connectivity index (χ2v) is 12.6. The van der Waals surface area contributed by atoms with Crippen molar-refractivity contribution in [1.82, 2.24) is 5.43 Å². The predicted molar refractivity (Wildman–Crippen MR) is 149 cm³/mol. The maximum absolute atomic E-state index is 13.0. The lowest BCUT2D eigenvalue weighted by atomic mass is 9.45. The number of fused-ring (bicyclic) bond motifs is 5. The van der Waals surface area contributed by atoms with Crippen LogP contribution in [0.15, 0.2) is 72.3 Å². The second-order valence-electron chi connectivity index (χ2n) is 12.6. The molecular weight excluding hydrogens is 472 g/mol. The van der Waals surface area contributed by atoms with Crippen molar-refractivity contribution in [3.05, 3.63) is 77.9 Å². The standard InChI is InChI=1S/C33H40N2O3/c1-32-19-17-23(30(36)35-34-25-11-7-4-8-12-25)21-24(32)13-14-26-27-15-16-29(33(27,2)20-18-28(26)32)38-31(37)22-9-5-3-6-10-22/h3-12,17,24,26-29,34H,13-16,18-21H2,1-2H3,(H,35,36)/t24?,26-,27-,28-,29-,32-,33-/m0/s1. The number of rotatable bonds is 5. The van der Waals surface area contributed by atoms with E-state index in [1.165, 1.54) is 19.3 Å². The fourth-order valence-corrected chi connectivity index (χ4v) is 8.71. The van der Waals surface area contributed by atoms with Gasteiger partial charge in [0, 0.05) is 11.0 Å². The first-order valence-electron chi connectivity index (χ1n) is 14.4. The molecule has 0 aromatic heterocycles. The summed E-state index contributed by atoms with van der Waals surface area (Å²) in [5.41, 5.74) is 8.70. The molecule has 7 atom stereocenters. The highest BCUT2D eigenvalue weighted by Gasteiger charge is 2.60. The quantitative estimate of drug-likeness (QED) is 0.337. The molecule has 0 saturated heterocycles. The van der Waals surface area contributed by atoms with E-state index >= 15 is 0 Å². The van der Waals surface area contributed by atoms with Gasteiger partial charge in [-0.05, 0) is 105 Å². The normalized spacial score (nSPS) is 35.6. The first-order valence-corrected chi connectivity index (χ1v) is 14.4. The Morgan fingerprint density at radius 3 is 2.32 bits per heavy atom. The molecule has 3 saturated carbocycles. The number of anilines is 1. The Kier molecular flexibility index (Phi) is 6.57. The summed E-state index contributed by atoms with van der Waals surface area (Å²) in [5.74, 6) is 2.32. The van der Waals surface area contributed by atoms with Crippen molar-refractivity contribution in [3.63, 3.8) is 0 Å². The van der Waals surface area contributed by atoms with Gasteiger partial charge in [0.1, 0.15) is 6.10 Å². The number of amides is 1. The molecule has 5 heteroatoms. The van der Waals surface area contributed by atoms with Gasteiger partial charge in [0.15, 0.2) is 0 Å². The summed E-state index contributed by atoms with van der Waals surface area (Å²) in [5, 5.41) is 0. The Balaban J connectivity index is 1.13. The topological polar surface area (TPSA) is 67.4 Å². The third-order valence-electron chi connectivity index (χ3n) is 10.9. The van der Waals surface area contributed by atoms with Gasteiger partial charge in [-0.2, -0.15) is 0 Å². The van der Waals surface area contributed by atoms with Crippen LogP contribution >= 0.6 is 0 Å². The molecule has 2 aromatic rings. The number of carbonyl (C=O) groups excluding carboxylic acids is 2. The van der Waals surface area contributed by atoms with Crippen LogP contribution in [0.5, 0.6) is 0 Å². The van der Waals surface area contributed by atoms with Crippen LogP contribution < -0.4 is 10.9 Å². The number of ether oxygens (including phenoxy) is 1. The molecule has 200 valence electrons. The average Bonchev–Trinajstić information content (AvgIpc) is 3.28. The van der Waals surface area contributed by atoms with E-state index < -0.39 is 0 Å². The van der Waals surface area contributed by atoms with Gasteiger partial charge in [-0.15, -0.1) is 0 Å². The molecule has 38 heavy (non-hydrogen) atoms. The van der Waals surface area contributed by atoms with Crippen molar-refractivity contribution in [3.8, 4) is 0 Å². The Bertz CT molecular complexity index is 1210. The monoisotopic (exact) mass is 512 g/mol. The third-order valence-corrected chi connectivity index (χ3v) is 10.9. The number of allylic oxidation sites excluding steroid dienone is 1. The molecule has 0 spiro atoms. The summed E-state index contributed by atoms with van der Waals surface area (Å²) in [6, 6.07) is 19.2. The summed E-state index contributed by atoms with van der Waals surface area (Å²) >= 11 is 0. The Morgan fingerprint density at radius 1 is 0.842 bits per heavy atom. The molecule has 2 aromatic carbocycles. The van der Waals surface area contributed by atoms with E-state index in [2.05, 4.69) is 30.8 Å². The van der Waals surface area contributed by atoms with Crippen LogP contribution in [0.25, 0.3) is 0 Å². The van der Waals surface area contributed by atoms with Crippen molar-refractivity contribution in [2.24, 2.45) is 34.5 Å². The Hall–Kier alpha value is -3.08. The van der Waals surface area contributed by atoms with E-state index in [-0.39, 0.29) is 28.8 Å². The molecule has 4 aliphatic rings. The molecule has 1 amide bonds. The van der Waals surface area contributed by atoms with Crippen molar-refractivity contribution < 1.29 is 14.3 Å². The lowest BCUT2D eigenvalue weighted by molar-refractivity contribution is -0.121. The molecule has 0 aliphatic heterocycles. The number of hydrogen-bond donors (Lipinski definition) is 2. The number of nitrogens with one attached hydrogen (secondary N) is 2. The summed E-state index contributed by atoms with van der Waals surface area (Å²) in [7, 11) is 0. The van der Waals surface area contributed by atoms with Gasteiger partial charge in [-0.25, -0.2) is 4.79 Å². The van der Waals surface area contributed by atoms with Crippen molar-refractivity contribution >= 4 is 17.6 Å². The van der Waals surface area contributed by atoms with Crippen LogP contribution in [-0.2, 0) is 9.53 Å². The minimum absolute atomic E-state index is 0.00495. The summed E-state index contributed by atoms with van der Waals surface area (Å²) in [4.78, 5) is 25.9. The number of para-hydroxylation sites is 1. The molecule has 2 N–H and O–H groups in total. The van der Waals surface area contributed by atoms with E-state index in [0.717, 1.165) is 43.4 Å². The number of hydrazine groups is 1. The lowest BCUT2D eigenvalue weighted by Crippen LogP contribution is -2.53. The van der Waals surface area contributed by atoms with Crippen LogP contribution in [0, 0.1) is 34.5 Å². The SMILES string of the molecule is C[C@]12CC[C@H]3[C@@H](CCC4CC(C(=O)NNc5ccccc5)=CC[C@@]43C)[C@@H]1CC[C@@H]2OC(=O)c1ccccc1. The Morgan fingerprint density at radius 2 is 1.55 bits per heavy atom. The van der Waals surface area contributed by atoms with E-state index in [9.17, 15) is 9.59 Å². The minimum atomic E-state index is -0.180. The van der Waals surface area contributed by atoms with E-state index in [1.807, 2.05) is 60.7 Å². The lowest BCUT2D eigenvalue weighted by Gasteiger charge is -2.59. The number of hydrogen-bond acceptors (Lipinski definition) is 4. The first-order chi connectivity index (χ1) is 18.4. The van der Waals surface area contributed by atoms with Gasteiger partial charge in [0.25, 0.3) is 5.91 Å². The fourth-order valence-electron chi connectivity index (χ4n) is 8.71. The molecule has 3 fully saturated rings. The average molecular weight is 513 g/mol. The molecule has 0 radical (unpaired) electrons. The molecular formula is C33H40N2O3. The smallest absolute Gasteiger partial charge is 0.338 e. The summed E-state index contributed by atoms with van der Waals surface area (Å²) in [6.45, 7) is 4.88. The van der Waals surface area contributed by atoms with Gasteiger partial charge < -0.3 is 4.74 Å². The number of carbonyl (C=O) groups is 2. The van der Waals surface area contributed by atoms with Crippen LogP contribution in [-0.4, -0.2) is 18.0 Å². The first kappa shape index (κ1) is 25.2. The van der Waals surface area contributed by atoms with E-state index in [4.69, 9.17) is 4.74 Å². The maximum Gasteiger partial charge on any atom is 0.338 e. The maximum atomic E-state index is 13.0. The highest BCUT2D eigenvalue weighted by molar-refractivity contribution is 5.94. The molecule has 6 rings (SSSR count). The van der Waals surface area contributed by atoms with Crippen LogP contribution in [0.1, 0.15) is 75.6 Å². The Labute approximate surface area is 226 Å². The van der Waals surface area contributed by atoms with Crippen LogP contribution in [0.3, 0.4) is 0 Å². The molecule has 5 nitrogen and oxygen atoms in total. The summed E-state index contributed by atoms with van der Waals surface area (Å²) < 4.78 is 6.18. The highest BCUT2D eigenvalue weighted by atomic mass is 16.5. The number of benzene rings is 2. The molecule has 0 bridgehead atoms. The number of esters is 1. The molecule has 0 heterocycles. The van der Waals surface area contributed by atoms with Gasteiger partial charge in [0.05, 0.1) is 11.3 Å². The second kappa shape index (κ2) is 9.91. The zero-order valence-electron chi connectivity index (χ0n) is 22.6. The molecule has 1 unspecified atom stereocenters.